The summed E-state index contributed by atoms with van der Waals surface area (Å²) < 4.78 is 0. The van der Waals surface area contributed by atoms with Gasteiger partial charge in [-0.25, -0.2) is 0 Å². The van der Waals surface area contributed by atoms with Crippen molar-refractivity contribution < 1.29 is 9.90 Å². The fourth-order valence-corrected chi connectivity index (χ4v) is 2.98. The molecule has 2 atom stereocenters. The average Bonchev–Trinajstić information content (AvgIpc) is 2.47. The highest BCUT2D eigenvalue weighted by Crippen LogP contribution is 2.26. The van der Waals surface area contributed by atoms with Crippen LogP contribution in [0.5, 0.6) is 0 Å². The Bertz CT molecular complexity index is 473. The number of carbonyl (C=O) groups excluding carboxylic acids is 1. The highest BCUT2D eigenvalue weighted by Gasteiger charge is 2.31. The summed E-state index contributed by atoms with van der Waals surface area (Å²) in [5.41, 5.74) is -0.333. The Morgan fingerprint density at radius 3 is 2.71 bits per heavy atom. The van der Waals surface area contributed by atoms with Crippen LogP contribution in [0.4, 0.5) is 0 Å². The van der Waals surface area contributed by atoms with E-state index in [0.29, 0.717) is 0 Å². The summed E-state index contributed by atoms with van der Waals surface area (Å²) in [6, 6.07) is 9.65. The standard InChI is InChI=1S/C17H26N2O2/c1-17(21,14-8-5-4-6-9-14)12-16(20)19(3)15-10-7-11-18(2)13-15/h4-6,8-9,15,21H,7,10-13H2,1-3H3. The smallest absolute Gasteiger partial charge is 0.225 e. The van der Waals surface area contributed by atoms with Gasteiger partial charge in [0.15, 0.2) is 0 Å². The topological polar surface area (TPSA) is 43.8 Å². The minimum absolute atomic E-state index is 0.00385. The van der Waals surface area contributed by atoms with Crippen molar-refractivity contribution in [3.05, 3.63) is 35.9 Å². The molecule has 1 aliphatic heterocycles. The van der Waals surface area contributed by atoms with Crippen LogP contribution in [0.3, 0.4) is 0 Å². The lowest BCUT2D eigenvalue weighted by molar-refractivity contribution is -0.138. The maximum atomic E-state index is 12.5. The molecule has 0 aliphatic carbocycles. The van der Waals surface area contributed by atoms with Gasteiger partial charge in [-0.3, -0.25) is 4.79 Å². The van der Waals surface area contributed by atoms with Crippen molar-refractivity contribution in [2.75, 3.05) is 27.2 Å². The van der Waals surface area contributed by atoms with E-state index in [1.54, 1.807) is 6.92 Å². The number of benzene rings is 1. The summed E-state index contributed by atoms with van der Waals surface area (Å²) >= 11 is 0. The van der Waals surface area contributed by atoms with Gasteiger partial charge in [0.05, 0.1) is 12.0 Å². The van der Waals surface area contributed by atoms with Crippen LogP contribution >= 0.6 is 0 Å². The first-order valence-corrected chi connectivity index (χ1v) is 7.62. The van der Waals surface area contributed by atoms with Gasteiger partial charge in [-0.1, -0.05) is 30.3 Å². The minimum atomic E-state index is -1.12. The van der Waals surface area contributed by atoms with Gasteiger partial charge in [-0.15, -0.1) is 0 Å². The summed E-state index contributed by atoms with van der Waals surface area (Å²) in [5.74, 6) is 0.00385. The van der Waals surface area contributed by atoms with E-state index in [-0.39, 0.29) is 18.4 Å². The second-order valence-corrected chi connectivity index (χ2v) is 6.38. The molecule has 2 unspecified atom stereocenters. The second kappa shape index (κ2) is 6.58. The van der Waals surface area contributed by atoms with Gasteiger partial charge in [0.25, 0.3) is 0 Å². The molecule has 0 bridgehead atoms. The quantitative estimate of drug-likeness (QED) is 0.920. The molecule has 1 aromatic carbocycles. The number of amides is 1. The third kappa shape index (κ3) is 4.05. The number of likely N-dealkylation sites (N-methyl/N-ethyl adjacent to an activating group) is 2. The maximum absolute atomic E-state index is 12.5. The van der Waals surface area contributed by atoms with Crippen LogP contribution in [-0.4, -0.2) is 54.0 Å². The van der Waals surface area contributed by atoms with Crippen LogP contribution in [0.15, 0.2) is 30.3 Å². The zero-order valence-electron chi connectivity index (χ0n) is 13.2. The van der Waals surface area contributed by atoms with Crippen LogP contribution in [0.25, 0.3) is 0 Å². The molecule has 21 heavy (non-hydrogen) atoms. The van der Waals surface area contributed by atoms with E-state index < -0.39 is 5.60 Å². The molecule has 1 aliphatic rings. The fourth-order valence-electron chi connectivity index (χ4n) is 2.98. The number of nitrogens with zero attached hydrogens (tertiary/aromatic N) is 2. The van der Waals surface area contributed by atoms with Gasteiger partial charge >= 0.3 is 0 Å². The third-order valence-corrected chi connectivity index (χ3v) is 4.43. The number of likely N-dealkylation sites (tertiary alicyclic amines) is 1. The van der Waals surface area contributed by atoms with E-state index in [2.05, 4.69) is 11.9 Å². The van der Waals surface area contributed by atoms with Gasteiger partial charge in [-0.05, 0) is 38.9 Å². The summed E-state index contributed by atoms with van der Waals surface area (Å²) in [7, 11) is 3.94. The Morgan fingerprint density at radius 2 is 2.10 bits per heavy atom. The van der Waals surface area contributed by atoms with Crippen LogP contribution in [0.2, 0.25) is 0 Å². The summed E-state index contributed by atoms with van der Waals surface area (Å²) in [6.45, 7) is 3.72. The molecule has 1 aromatic rings. The van der Waals surface area contributed by atoms with Crippen molar-refractivity contribution in [1.82, 2.24) is 9.80 Å². The van der Waals surface area contributed by atoms with Crippen molar-refractivity contribution in [3.63, 3.8) is 0 Å². The normalized spacial score (nSPS) is 22.6. The van der Waals surface area contributed by atoms with Gasteiger partial charge < -0.3 is 14.9 Å². The Kier molecular flexibility index (Phi) is 5.01. The molecular weight excluding hydrogens is 264 g/mol. The summed E-state index contributed by atoms with van der Waals surface area (Å²) in [6.07, 6.45) is 2.28. The molecule has 1 fully saturated rings. The first-order chi connectivity index (χ1) is 9.90. The van der Waals surface area contributed by atoms with E-state index in [0.717, 1.165) is 31.5 Å². The molecule has 0 radical (unpaired) electrons. The van der Waals surface area contributed by atoms with E-state index in [9.17, 15) is 9.90 Å². The minimum Gasteiger partial charge on any atom is -0.385 e. The predicted octanol–water partition coefficient (Wildman–Crippen LogP) is 1.84. The van der Waals surface area contributed by atoms with Gasteiger partial charge in [0.2, 0.25) is 5.91 Å². The average molecular weight is 290 g/mol. The van der Waals surface area contributed by atoms with Crippen molar-refractivity contribution in [1.29, 1.82) is 0 Å². The molecule has 0 saturated carbocycles. The van der Waals surface area contributed by atoms with Crippen molar-refractivity contribution >= 4 is 5.91 Å². The predicted molar refractivity (Wildman–Crippen MR) is 83.9 cm³/mol. The molecule has 1 heterocycles. The molecule has 1 saturated heterocycles. The monoisotopic (exact) mass is 290 g/mol. The number of hydrogen-bond donors (Lipinski definition) is 1. The van der Waals surface area contributed by atoms with Crippen molar-refractivity contribution in [2.24, 2.45) is 0 Å². The van der Waals surface area contributed by atoms with Crippen LogP contribution < -0.4 is 0 Å². The molecule has 0 spiro atoms. The molecule has 116 valence electrons. The van der Waals surface area contributed by atoms with Gasteiger partial charge in [0.1, 0.15) is 0 Å². The highest BCUT2D eigenvalue weighted by atomic mass is 16.3. The molecule has 4 heteroatoms. The van der Waals surface area contributed by atoms with E-state index in [4.69, 9.17) is 0 Å². The largest absolute Gasteiger partial charge is 0.385 e. The lowest BCUT2D eigenvalue weighted by atomic mass is 9.91. The van der Waals surface area contributed by atoms with Crippen molar-refractivity contribution in [3.8, 4) is 0 Å². The Morgan fingerprint density at radius 1 is 1.43 bits per heavy atom. The van der Waals surface area contributed by atoms with E-state index in [1.165, 1.54) is 0 Å². The Balaban J connectivity index is 2.00. The number of piperidine rings is 1. The van der Waals surface area contributed by atoms with Gasteiger partial charge in [-0.2, -0.15) is 0 Å². The maximum Gasteiger partial charge on any atom is 0.225 e. The Labute approximate surface area is 127 Å². The van der Waals surface area contributed by atoms with Crippen LogP contribution in [-0.2, 0) is 10.4 Å². The molecule has 4 nitrogen and oxygen atoms in total. The van der Waals surface area contributed by atoms with Gasteiger partial charge in [0, 0.05) is 19.6 Å². The third-order valence-electron chi connectivity index (χ3n) is 4.43. The summed E-state index contributed by atoms with van der Waals surface area (Å²) in [5, 5.41) is 10.6. The lowest BCUT2D eigenvalue weighted by Crippen LogP contribution is -2.48. The molecule has 2 rings (SSSR count). The zero-order valence-corrected chi connectivity index (χ0v) is 13.2. The zero-order chi connectivity index (χ0) is 15.5. The number of hydrogen-bond acceptors (Lipinski definition) is 3. The SMILES string of the molecule is CN1CCCC(N(C)C(=O)CC(C)(O)c2ccccc2)C1. The van der Waals surface area contributed by atoms with E-state index >= 15 is 0 Å². The number of carbonyl (C=O) groups is 1. The second-order valence-electron chi connectivity index (χ2n) is 6.38. The highest BCUT2D eigenvalue weighted by molar-refractivity contribution is 5.77. The van der Waals surface area contributed by atoms with E-state index in [1.807, 2.05) is 42.3 Å². The van der Waals surface area contributed by atoms with Crippen molar-refractivity contribution in [2.45, 2.75) is 37.8 Å². The Hall–Kier alpha value is -1.39. The first kappa shape index (κ1) is 16.0. The lowest BCUT2D eigenvalue weighted by Gasteiger charge is -2.37. The molecule has 0 aromatic heterocycles. The first-order valence-electron chi connectivity index (χ1n) is 7.62. The fraction of sp³-hybridized carbons (Fsp3) is 0.588. The summed E-state index contributed by atoms with van der Waals surface area (Å²) in [4.78, 5) is 16.6. The number of rotatable bonds is 4. The van der Waals surface area contributed by atoms with Crippen LogP contribution in [0.1, 0.15) is 31.7 Å². The van der Waals surface area contributed by atoms with Crippen LogP contribution in [0, 0.1) is 0 Å². The molecule has 1 amide bonds. The molecular formula is C17H26N2O2. The molecule has 1 N–H and O–H groups in total. The number of aliphatic hydroxyl groups is 1.